The van der Waals surface area contributed by atoms with E-state index in [0.717, 1.165) is 10.2 Å². The van der Waals surface area contributed by atoms with Crippen molar-refractivity contribution in [2.45, 2.75) is 0 Å². The second-order valence-corrected chi connectivity index (χ2v) is 7.09. The fourth-order valence-electron chi connectivity index (χ4n) is 2.39. The Kier molecular flexibility index (Phi) is 3.74. The number of benzene rings is 1. The highest BCUT2D eigenvalue weighted by Gasteiger charge is 2.23. The minimum atomic E-state index is -0.239. The molecular weight excluding hydrogens is 338 g/mol. The van der Waals surface area contributed by atoms with Gasteiger partial charge < -0.3 is 19.7 Å². The molecule has 2 aromatic rings. The molecule has 120 valence electrons. The Morgan fingerprint density at radius 2 is 2.09 bits per heavy atom. The number of rotatable bonds is 3. The molecule has 0 bridgehead atoms. The Balaban J connectivity index is 1.50. The molecule has 2 aliphatic rings. The number of thiazole rings is 1. The van der Waals surface area contributed by atoms with E-state index in [4.69, 9.17) is 9.47 Å². The van der Waals surface area contributed by atoms with E-state index in [1.807, 2.05) is 12.1 Å². The maximum Gasteiger partial charge on any atom is 0.245 e. The summed E-state index contributed by atoms with van der Waals surface area (Å²) in [6.45, 7) is 1.11. The van der Waals surface area contributed by atoms with Crippen LogP contribution in [0.1, 0.15) is 0 Å². The quantitative estimate of drug-likeness (QED) is 0.903. The minimum absolute atomic E-state index is 0.00331. The minimum Gasteiger partial charge on any atom is -0.486 e. The van der Waals surface area contributed by atoms with Crippen molar-refractivity contribution in [2.24, 2.45) is 0 Å². The molecule has 0 aliphatic carbocycles. The van der Waals surface area contributed by atoms with E-state index >= 15 is 0 Å². The first-order chi connectivity index (χ1) is 11.2. The highest BCUT2D eigenvalue weighted by Crippen LogP contribution is 2.37. The molecule has 1 fully saturated rings. The molecule has 2 aliphatic heterocycles. The van der Waals surface area contributed by atoms with Crippen LogP contribution in [0.5, 0.6) is 11.5 Å². The molecule has 1 N–H and O–H groups in total. The second-order valence-electron chi connectivity index (χ2n) is 5.10. The van der Waals surface area contributed by atoms with Crippen LogP contribution in [-0.4, -0.2) is 53.1 Å². The third kappa shape index (κ3) is 2.93. The standard InChI is InChI=1S/C14H13N3O4S2/c18-12(5-17-7-22-6-13(17)19)16-14-15-8-3-9-10(4-11(8)23-14)21-2-1-20-9/h3-4H,1-2,5-7H2,(H,15,16,18). The molecular formula is C14H13N3O4S2. The highest BCUT2D eigenvalue weighted by molar-refractivity contribution is 8.00. The summed E-state index contributed by atoms with van der Waals surface area (Å²) in [6, 6.07) is 3.69. The molecule has 0 unspecified atom stereocenters. The van der Waals surface area contributed by atoms with Crippen LogP contribution in [0.25, 0.3) is 10.2 Å². The number of carbonyl (C=O) groups excluding carboxylic acids is 2. The van der Waals surface area contributed by atoms with Gasteiger partial charge in [-0.25, -0.2) is 4.98 Å². The van der Waals surface area contributed by atoms with Crippen molar-refractivity contribution in [3.05, 3.63) is 12.1 Å². The molecule has 0 saturated carbocycles. The zero-order chi connectivity index (χ0) is 15.8. The fraction of sp³-hybridized carbons (Fsp3) is 0.357. The van der Waals surface area contributed by atoms with Crippen LogP contribution in [0.3, 0.4) is 0 Å². The normalized spacial score (nSPS) is 16.9. The smallest absolute Gasteiger partial charge is 0.245 e. The van der Waals surface area contributed by atoms with Gasteiger partial charge >= 0.3 is 0 Å². The number of thioether (sulfide) groups is 1. The number of aromatic nitrogens is 1. The molecule has 7 nitrogen and oxygen atoms in total. The number of ether oxygens (including phenoxy) is 2. The summed E-state index contributed by atoms with van der Waals surface area (Å²) >= 11 is 2.88. The summed E-state index contributed by atoms with van der Waals surface area (Å²) in [5.74, 6) is 2.14. The van der Waals surface area contributed by atoms with Gasteiger partial charge in [0.05, 0.1) is 21.8 Å². The first-order valence-electron chi connectivity index (χ1n) is 7.04. The van der Waals surface area contributed by atoms with Crippen LogP contribution in [0.15, 0.2) is 12.1 Å². The lowest BCUT2D eigenvalue weighted by atomic mass is 10.3. The summed E-state index contributed by atoms with van der Waals surface area (Å²) in [4.78, 5) is 29.5. The molecule has 0 spiro atoms. The lowest BCUT2D eigenvalue weighted by molar-refractivity contribution is -0.130. The predicted octanol–water partition coefficient (Wildman–Crippen LogP) is 1.54. The molecule has 9 heteroatoms. The summed E-state index contributed by atoms with van der Waals surface area (Å²) in [7, 11) is 0. The van der Waals surface area contributed by atoms with Crippen molar-refractivity contribution >= 4 is 50.3 Å². The Labute approximate surface area is 139 Å². The van der Waals surface area contributed by atoms with Gasteiger partial charge in [0.25, 0.3) is 0 Å². The van der Waals surface area contributed by atoms with E-state index in [1.165, 1.54) is 28.0 Å². The molecule has 4 rings (SSSR count). The number of fused-ring (bicyclic) bond motifs is 2. The lowest BCUT2D eigenvalue weighted by Crippen LogP contribution is -2.34. The van der Waals surface area contributed by atoms with Crippen LogP contribution >= 0.6 is 23.1 Å². The van der Waals surface area contributed by atoms with E-state index < -0.39 is 0 Å². The summed E-state index contributed by atoms with van der Waals surface area (Å²) < 4.78 is 12.0. The van der Waals surface area contributed by atoms with Crippen molar-refractivity contribution < 1.29 is 19.1 Å². The van der Waals surface area contributed by atoms with Gasteiger partial charge in [-0.1, -0.05) is 11.3 Å². The molecule has 0 radical (unpaired) electrons. The Hall–Kier alpha value is -2.00. The number of anilines is 1. The monoisotopic (exact) mass is 351 g/mol. The maximum absolute atomic E-state index is 12.1. The molecule has 3 heterocycles. The van der Waals surface area contributed by atoms with Crippen molar-refractivity contribution in [3.8, 4) is 11.5 Å². The zero-order valence-electron chi connectivity index (χ0n) is 12.0. The van der Waals surface area contributed by atoms with Gasteiger partial charge in [0.1, 0.15) is 19.8 Å². The third-order valence-electron chi connectivity index (χ3n) is 3.46. The van der Waals surface area contributed by atoms with Gasteiger partial charge in [-0.3, -0.25) is 9.59 Å². The van der Waals surface area contributed by atoms with Crippen molar-refractivity contribution in [1.82, 2.24) is 9.88 Å². The topological polar surface area (TPSA) is 80.8 Å². The first-order valence-corrected chi connectivity index (χ1v) is 9.02. The Bertz CT molecular complexity index is 749. The summed E-state index contributed by atoms with van der Waals surface area (Å²) in [5.41, 5.74) is 0.752. The van der Waals surface area contributed by atoms with E-state index in [1.54, 1.807) is 0 Å². The maximum atomic E-state index is 12.1. The molecule has 2 amide bonds. The van der Waals surface area contributed by atoms with Gasteiger partial charge in [-0.15, -0.1) is 11.8 Å². The van der Waals surface area contributed by atoms with E-state index in [9.17, 15) is 9.59 Å². The summed E-state index contributed by atoms with van der Waals surface area (Å²) in [5, 5.41) is 3.26. The van der Waals surface area contributed by atoms with Crippen molar-refractivity contribution in [1.29, 1.82) is 0 Å². The number of nitrogens with zero attached hydrogens (tertiary/aromatic N) is 2. The van der Waals surface area contributed by atoms with Gasteiger partial charge in [0.15, 0.2) is 16.6 Å². The van der Waals surface area contributed by atoms with Crippen molar-refractivity contribution in [3.63, 3.8) is 0 Å². The van der Waals surface area contributed by atoms with E-state index in [2.05, 4.69) is 10.3 Å². The van der Waals surface area contributed by atoms with Gasteiger partial charge in [-0.05, 0) is 0 Å². The number of amides is 2. The SMILES string of the molecule is O=C(CN1CSCC1=O)Nc1nc2cc3c(cc2s1)OCCO3. The highest BCUT2D eigenvalue weighted by atomic mass is 32.2. The number of nitrogens with one attached hydrogen (secondary N) is 1. The molecule has 23 heavy (non-hydrogen) atoms. The van der Waals surface area contributed by atoms with Crippen molar-refractivity contribution in [2.75, 3.05) is 36.7 Å². The molecule has 1 saturated heterocycles. The van der Waals surface area contributed by atoms with Gasteiger partial charge in [0.2, 0.25) is 11.8 Å². The first kappa shape index (κ1) is 14.6. The number of carbonyl (C=O) groups is 2. The average molecular weight is 351 g/mol. The lowest BCUT2D eigenvalue weighted by Gasteiger charge is -2.17. The van der Waals surface area contributed by atoms with Gasteiger partial charge in [0, 0.05) is 12.1 Å². The van der Waals surface area contributed by atoms with Gasteiger partial charge in [-0.2, -0.15) is 0 Å². The number of hydrogen-bond donors (Lipinski definition) is 1. The van der Waals surface area contributed by atoms with Crippen LogP contribution in [-0.2, 0) is 9.59 Å². The van der Waals surface area contributed by atoms with Crippen LogP contribution < -0.4 is 14.8 Å². The largest absolute Gasteiger partial charge is 0.486 e. The fourth-order valence-corrected chi connectivity index (χ4v) is 4.19. The van der Waals surface area contributed by atoms with E-state index in [-0.39, 0.29) is 18.4 Å². The molecule has 0 atom stereocenters. The van der Waals surface area contributed by atoms with E-state index in [0.29, 0.717) is 41.5 Å². The summed E-state index contributed by atoms with van der Waals surface area (Å²) in [6.07, 6.45) is 0. The zero-order valence-corrected chi connectivity index (χ0v) is 13.7. The van der Waals surface area contributed by atoms with Crippen LogP contribution in [0.2, 0.25) is 0 Å². The Morgan fingerprint density at radius 1 is 1.30 bits per heavy atom. The third-order valence-corrected chi connectivity index (χ3v) is 5.34. The second kappa shape index (κ2) is 5.89. The van der Waals surface area contributed by atoms with Crippen LogP contribution in [0.4, 0.5) is 5.13 Å². The molecule has 1 aromatic heterocycles. The predicted molar refractivity (Wildman–Crippen MR) is 88.3 cm³/mol. The number of hydrogen-bond acceptors (Lipinski definition) is 7. The average Bonchev–Trinajstić information content (AvgIpc) is 3.10. The Morgan fingerprint density at radius 3 is 2.83 bits per heavy atom. The van der Waals surface area contributed by atoms with Crippen LogP contribution in [0, 0.1) is 0 Å². The molecule has 1 aromatic carbocycles.